The van der Waals surface area contributed by atoms with E-state index in [0.29, 0.717) is 0 Å². The van der Waals surface area contributed by atoms with Crippen LogP contribution in [0.1, 0.15) is 0 Å². The van der Waals surface area contributed by atoms with Gasteiger partial charge in [0.05, 0.1) is 0 Å². The third-order valence-electron chi connectivity index (χ3n) is 1.68. The average Bonchev–Trinajstić information content (AvgIpc) is 2.34. The van der Waals surface area contributed by atoms with Gasteiger partial charge in [0.1, 0.15) is 0 Å². The Kier molecular flexibility index (Phi) is 13.4. The van der Waals surface area contributed by atoms with E-state index in [1.807, 2.05) is 0 Å². The molecule has 0 saturated heterocycles. The second kappa shape index (κ2) is 11.2. The van der Waals surface area contributed by atoms with Gasteiger partial charge in [-0.1, -0.05) is 0 Å². The van der Waals surface area contributed by atoms with Crippen molar-refractivity contribution in [2.75, 3.05) is 0 Å². The Balaban J connectivity index is -0.000000192. The molecule has 0 fully saturated rings. The van der Waals surface area contributed by atoms with Gasteiger partial charge in [0.2, 0.25) is 11.5 Å². The molecule has 171 valence electrons. The van der Waals surface area contributed by atoms with E-state index < -0.39 is 59.9 Å². The molecule has 0 bridgehead atoms. The maximum absolute atomic E-state index is 11.4. The van der Waals surface area contributed by atoms with Crippen molar-refractivity contribution in [2.24, 2.45) is 0 Å². The Morgan fingerprint density at radius 3 is 0.821 bits per heavy atom. The summed E-state index contributed by atoms with van der Waals surface area (Å²) in [6, 6.07) is 0. The fourth-order valence-corrected chi connectivity index (χ4v) is 0.576. The molecule has 0 saturated carbocycles. The van der Waals surface area contributed by atoms with Crippen LogP contribution in [0, 0.1) is 0 Å². The standard InChI is InChI=1S/2C5H2F6O2.Cu.H2O/c2*6-4(7,8)2(12)1-3(13)5(9,10)11;;/h2*1,12H;;1H2/b2*2-1+;;. The van der Waals surface area contributed by atoms with Crippen molar-refractivity contribution in [1.29, 1.82) is 0 Å². The molecule has 0 amide bonds. The van der Waals surface area contributed by atoms with E-state index in [0.717, 1.165) is 0 Å². The minimum absolute atomic E-state index is 0. The zero-order valence-electron chi connectivity index (χ0n) is 12.2. The van der Waals surface area contributed by atoms with Crippen LogP contribution in [0.3, 0.4) is 0 Å². The zero-order chi connectivity index (χ0) is 21.7. The molecule has 5 nitrogen and oxygen atoms in total. The molecule has 4 N–H and O–H groups in total. The van der Waals surface area contributed by atoms with Gasteiger partial charge in [-0.3, -0.25) is 9.59 Å². The number of rotatable bonds is 2. The van der Waals surface area contributed by atoms with Gasteiger partial charge in [-0.15, -0.1) is 0 Å². The maximum atomic E-state index is 11.4. The molecule has 0 aliphatic carbocycles. The molecule has 0 aromatic carbocycles. The molecular weight excluding hydrogens is 492 g/mol. The van der Waals surface area contributed by atoms with Gasteiger partial charge in [-0.2, -0.15) is 52.7 Å². The van der Waals surface area contributed by atoms with Crippen molar-refractivity contribution >= 4 is 11.6 Å². The number of carbonyl (C=O) groups is 2. The van der Waals surface area contributed by atoms with Crippen molar-refractivity contribution in [3.63, 3.8) is 0 Å². The topological polar surface area (TPSA) is 106 Å². The maximum Gasteiger partial charge on any atom is 0.454 e. The second-order valence-electron chi connectivity index (χ2n) is 3.78. The molecule has 0 aliphatic rings. The van der Waals surface area contributed by atoms with Gasteiger partial charge in [-0.05, 0) is 0 Å². The van der Waals surface area contributed by atoms with Gasteiger partial charge in [0, 0.05) is 29.2 Å². The number of aliphatic hydroxyl groups is 2. The van der Waals surface area contributed by atoms with Crippen LogP contribution in [0.15, 0.2) is 23.7 Å². The first-order valence-electron chi connectivity index (χ1n) is 5.28. The smallest absolute Gasteiger partial charge is 0.454 e. The molecule has 1 radical (unpaired) electrons. The first kappa shape index (κ1) is 33.6. The van der Waals surface area contributed by atoms with Crippen LogP contribution in [0.2, 0.25) is 0 Å². The van der Waals surface area contributed by atoms with E-state index in [9.17, 15) is 62.3 Å². The molecule has 18 heteroatoms. The van der Waals surface area contributed by atoms with Crippen LogP contribution in [-0.4, -0.2) is 52.0 Å². The van der Waals surface area contributed by atoms with E-state index in [1.54, 1.807) is 0 Å². The summed E-state index contributed by atoms with van der Waals surface area (Å²) in [4.78, 5) is 19.7. The fraction of sp³-hybridized carbons (Fsp3) is 0.400. The first-order valence-corrected chi connectivity index (χ1v) is 5.28. The summed E-state index contributed by atoms with van der Waals surface area (Å²) < 4.78 is 136. The Bertz CT molecular complexity index is 530. The van der Waals surface area contributed by atoms with E-state index in [4.69, 9.17) is 10.2 Å². The van der Waals surface area contributed by atoms with Crippen LogP contribution in [-0.2, 0) is 26.7 Å². The normalized spacial score (nSPS) is 13.4. The fourth-order valence-electron chi connectivity index (χ4n) is 0.576. The summed E-state index contributed by atoms with van der Waals surface area (Å²) in [5, 5.41) is 15.9. The Morgan fingerprint density at radius 1 is 0.536 bits per heavy atom. The van der Waals surface area contributed by atoms with Crippen molar-refractivity contribution in [1.82, 2.24) is 0 Å². The number of aliphatic hydroxyl groups excluding tert-OH is 2. The van der Waals surface area contributed by atoms with Crippen LogP contribution < -0.4 is 0 Å². The van der Waals surface area contributed by atoms with Gasteiger partial charge in [0.25, 0.3) is 11.6 Å². The predicted molar refractivity (Wildman–Crippen MR) is 59.3 cm³/mol. The van der Waals surface area contributed by atoms with Gasteiger partial charge >= 0.3 is 24.7 Å². The molecule has 0 heterocycles. The molecule has 28 heavy (non-hydrogen) atoms. The van der Waals surface area contributed by atoms with Crippen LogP contribution >= 0.6 is 0 Å². The van der Waals surface area contributed by atoms with E-state index in [-0.39, 0.29) is 22.5 Å². The number of allylic oxidation sites excluding steroid dienone is 4. The van der Waals surface area contributed by atoms with Crippen molar-refractivity contribution in [2.45, 2.75) is 24.7 Å². The Morgan fingerprint density at radius 2 is 0.714 bits per heavy atom. The van der Waals surface area contributed by atoms with Crippen LogP contribution in [0.25, 0.3) is 0 Å². The minimum Gasteiger partial charge on any atom is -0.504 e. The number of hydrogen-bond donors (Lipinski definition) is 2. The molecular formula is C10H6CuF12O5. The van der Waals surface area contributed by atoms with Crippen LogP contribution in [0.5, 0.6) is 0 Å². The molecule has 0 aromatic rings. The molecule has 0 spiro atoms. The van der Waals surface area contributed by atoms with Crippen molar-refractivity contribution in [3.8, 4) is 0 Å². The van der Waals surface area contributed by atoms with Crippen molar-refractivity contribution in [3.05, 3.63) is 23.7 Å². The van der Waals surface area contributed by atoms with Gasteiger partial charge in [0.15, 0.2) is 0 Å². The van der Waals surface area contributed by atoms with Gasteiger partial charge < -0.3 is 15.7 Å². The summed E-state index contributed by atoms with van der Waals surface area (Å²) in [6.07, 6.45) is -23.4. The number of alkyl halides is 12. The Hall–Kier alpha value is -1.94. The van der Waals surface area contributed by atoms with E-state index >= 15 is 0 Å². The van der Waals surface area contributed by atoms with E-state index in [1.165, 1.54) is 0 Å². The number of carbonyl (C=O) groups excluding carboxylic acids is 2. The molecule has 0 aromatic heterocycles. The Labute approximate surface area is 156 Å². The van der Waals surface area contributed by atoms with Crippen LogP contribution in [0.4, 0.5) is 52.7 Å². The summed E-state index contributed by atoms with van der Waals surface area (Å²) in [5.74, 6) is -10.7. The SMILES string of the molecule is O.O=C(/C=C(/O)C(F)(F)F)C(F)(F)F.O=C(/C=C(/O)C(F)(F)F)C(F)(F)F.[Cu]. The van der Waals surface area contributed by atoms with Crippen molar-refractivity contribution < 1.29 is 95.0 Å². The second-order valence-corrected chi connectivity index (χ2v) is 3.78. The molecule has 0 rings (SSSR count). The minimum atomic E-state index is -5.42. The number of halogens is 12. The summed E-state index contributed by atoms with van der Waals surface area (Å²) >= 11 is 0. The molecule has 0 unspecified atom stereocenters. The number of ketones is 2. The summed E-state index contributed by atoms with van der Waals surface area (Å²) in [5.41, 5.74) is 0. The third kappa shape index (κ3) is 14.2. The molecule has 0 atom stereocenters. The third-order valence-corrected chi connectivity index (χ3v) is 1.68. The predicted octanol–water partition coefficient (Wildman–Crippen LogP) is 3.42. The van der Waals surface area contributed by atoms with Gasteiger partial charge in [-0.25, -0.2) is 0 Å². The average molecular weight is 498 g/mol. The number of hydrogen-bond acceptors (Lipinski definition) is 4. The summed E-state index contributed by atoms with van der Waals surface area (Å²) in [7, 11) is 0. The quantitative estimate of drug-likeness (QED) is 0.264. The zero-order valence-corrected chi connectivity index (χ0v) is 13.1. The monoisotopic (exact) mass is 497 g/mol. The first-order chi connectivity index (χ1) is 11.1. The summed E-state index contributed by atoms with van der Waals surface area (Å²) in [6.45, 7) is 0. The molecule has 0 aliphatic heterocycles. The largest absolute Gasteiger partial charge is 0.504 e. The van der Waals surface area contributed by atoms with E-state index in [2.05, 4.69) is 0 Å².